The van der Waals surface area contributed by atoms with Gasteiger partial charge in [0, 0.05) is 5.56 Å². The average Bonchev–Trinajstić information content (AvgIpc) is 2.61. The minimum atomic E-state index is -1.15. The van der Waals surface area contributed by atoms with Crippen LogP contribution in [0.4, 0.5) is 0 Å². The molecule has 10 heteroatoms. The third kappa shape index (κ3) is 5.98. The highest BCUT2D eigenvalue weighted by Crippen LogP contribution is 2.33. The fourth-order valence-corrected chi connectivity index (χ4v) is 3.13. The molecule has 0 fully saturated rings. The van der Waals surface area contributed by atoms with Crippen molar-refractivity contribution in [3.8, 4) is 11.5 Å². The van der Waals surface area contributed by atoms with Gasteiger partial charge in [-0.2, -0.15) is 5.10 Å². The lowest BCUT2D eigenvalue weighted by Gasteiger charge is -2.08. The van der Waals surface area contributed by atoms with Crippen LogP contribution in [0.25, 0.3) is 0 Å². The van der Waals surface area contributed by atoms with E-state index in [-0.39, 0.29) is 15.8 Å². The lowest BCUT2D eigenvalue weighted by molar-refractivity contribution is -0.139. The number of nitrogens with zero attached hydrogens (tertiary/aromatic N) is 1. The van der Waals surface area contributed by atoms with E-state index < -0.39 is 18.5 Å². The van der Waals surface area contributed by atoms with Gasteiger partial charge in [-0.1, -0.05) is 23.2 Å². The summed E-state index contributed by atoms with van der Waals surface area (Å²) in [7, 11) is 1.52. The van der Waals surface area contributed by atoms with Crippen molar-refractivity contribution in [3.63, 3.8) is 0 Å². The van der Waals surface area contributed by atoms with E-state index in [0.717, 1.165) is 3.57 Å². The van der Waals surface area contributed by atoms with Gasteiger partial charge in [0.1, 0.15) is 5.75 Å². The number of ether oxygens (including phenoxy) is 2. The average molecular weight is 523 g/mol. The van der Waals surface area contributed by atoms with Crippen LogP contribution < -0.4 is 14.9 Å². The van der Waals surface area contributed by atoms with Gasteiger partial charge in [0.15, 0.2) is 12.4 Å². The number of carboxylic acid groups (broad SMARTS) is 1. The van der Waals surface area contributed by atoms with Gasteiger partial charge in [-0.3, -0.25) is 4.79 Å². The van der Waals surface area contributed by atoms with Crippen molar-refractivity contribution < 1.29 is 24.2 Å². The second-order valence-corrected chi connectivity index (χ2v) is 7.02. The van der Waals surface area contributed by atoms with Gasteiger partial charge in [-0.15, -0.1) is 0 Å². The lowest BCUT2D eigenvalue weighted by Crippen LogP contribution is -2.17. The van der Waals surface area contributed by atoms with Crippen LogP contribution in [0.2, 0.25) is 10.0 Å². The molecule has 0 unspecified atom stereocenters. The monoisotopic (exact) mass is 522 g/mol. The van der Waals surface area contributed by atoms with Crippen molar-refractivity contribution in [2.75, 3.05) is 13.7 Å². The highest BCUT2D eigenvalue weighted by Gasteiger charge is 2.11. The quantitative estimate of drug-likeness (QED) is 0.327. The van der Waals surface area contributed by atoms with E-state index in [4.69, 9.17) is 37.8 Å². The summed E-state index contributed by atoms with van der Waals surface area (Å²) >= 11 is 14.2. The summed E-state index contributed by atoms with van der Waals surface area (Å²) in [6, 6.07) is 7.97. The van der Waals surface area contributed by atoms with E-state index >= 15 is 0 Å². The maximum Gasteiger partial charge on any atom is 0.341 e. The molecule has 7 nitrogen and oxygen atoms in total. The summed E-state index contributed by atoms with van der Waals surface area (Å²) in [4.78, 5) is 22.7. The van der Waals surface area contributed by atoms with Gasteiger partial charge in [0.05, 0.1) is 26.9 Å². The van der Waals surface area contributed by atoms with E-state index in [1.54, 1.807) is 18.2 Å². The predicted molar refractivity (Wildman–Crippen MR) is 110 cm³/mol. The fourth-order valence-electron chi connectivity index (χ4n) is 1.96. The molecule has 0 aliphatic heterocycles. The molecule has 2 N–H and O–H groups in total. The Balaban J connectivity index is 2.07. The molecule has 1 amide bonds. The Bertz CT molecular complexity index is 882. The summed E-state index contributed by atoms with van der Waals surface area (Å²) in [5.41, 5.74) is 3.27. The first-order valence-electron chi connectivity index (χ1n) is 7.32. The van der Waals surface area contributed by atoms with Gasteiger partial charge in [-0.25, -0.2) is 10.2 Å². The third-order valence-corrected chi connectivity index (χ3v) is 4.61. The van der Waals surface area contributed by atoms with Crippen molar-refractivity contribution in [3.05, 3.63) is 55.1 Å². The zero-order chi connectivity index (χ0) is 20.0. The fraction of sp³-hybridized carbons (Fsp3) is 0.118. The number of carbonyl (C=O) groups is 2. The molecule has 0 atom stereocenters. The summed E-state index contributed by atoms with van der Waals surface area (Å²) in [6.07, 6.45) is 1.35. The topological polar surface area (TPSA) is 97.2 Å². The Morgan fingerprint density at radius 1 is 1.26 bits per heavy atom. The van der Waals surface area contributed by atoms with E-state index in [1.807, 2.05) is 0 Å². The molecule has 0 aliphatic carbocycles. The second-order valence-electron chi connectivity index (χ2n) is 5.04. The summed E-state index contributed by atoms with van der Waals surface area (Å²) < 4.78 is 11.1. The lowest BCUT2D eigenvalue weighted by atomic mass is 10.2. The minimum Gasteiger partial charge on any atom is -0.496 e. The van der Waals surface area contributed by atoms with Gasteiger partial charge in [0.25, 0.3) is 5.91 Å². The largest absolute Gasteiger partial charge is 0.496 e. The first-order valence-corrected chi connectivity index (χ1v) is 9.16. The maximum atomic E-state index is 12.1. The van der Waals surface area contributed by atoms with Crippen molar-refractivity contribution in [1.82, 2.24) is 5.43 Å². The Kier molecular flexibility index (Phi) is 7.69. The number of amides is 1. The molecule has 27 heavy (non-hydrogen) atoms. The minimum absolute atomic E-state index is 0.0629. The van der Waals surface area contributed by atoms with E-state index in [2.05, 4.69) is 33.1 Å². The van der Waals surface area contributed by atoms with Crippen LogP contribution in [-0.2, 0) is 4.79 Å². The number of hydrogen-bond acceptors (Lipinski definition) is 5. The number of benzene rings is 2. The molecule has 0 saturated carbocycles. The predicted octanol–water partition coefficient (Wildman–Crippen LogP) is 3.83. The number of aliphatic carboxylic acids is 1. The highest BCUT2D eigenvalue weighted by atomic mass is 127. The zero-order valence-electron chi connectivity index (χ0n) is 13.8. The van der Waals surface area contributed by atoms with Crippen LogP contribution in [0.15, 0.2) is 35.4 Å². The Hall–Kier alpha value is -2.04. The molecule has 0 radical (unpaired) electrons. The van der Waals surface area contributed by atoms with Crippen LogP contribution >= 0.6 is 45.8 Å². The highest BCUT2D eigenvalue weighted by molar-refractivity contribution is 14.1. The van der Waals surface area contributed by atoms with Crippen LogP contribution in [0.3, 0.4) is 0 Å². The number of halogens is 3. The number of hydrazone groups is 1. The van der Waals surface area contributed by atoms with Crippen molar-refractivity contribution in [1.29, 1.82) is 0 Å². The number of nitrogens with one attached hydrogen (secondary N) is 1. The normalized spacial score (nSPS) is 10.7. The molecule has 2 aromatic carbocycles. The van der Waals surface area contributed by atoms with Gasteiger partial charge in [0.2, 0.25) is 0 Å². The number of methoxy groups -OCH3 is 1. The van der Waals surface area contributed by atoms with E-state index in [9.17, 15) is 9.59 Å². The first kappa shape index (κ1) is 21.3. The summed E-state index contributed by atoms with van der Waals surface area (Å²) in [6.45, 7) is -0.567. The summed E-state index contributed by atoms with van der Waals surface area (Å²) in [5.74, 6) is -0.919. The second kappa shape index (κ2) is 9.77. The maximum absolute atomic E-state index is 12.1. The van der Waals surface area contributed by atoms with E-state index in [1.165, 1.54) is 25.5 Å². The molecule has 0 aromatic heterocycles. The third-order valence-electron chi connectivity index (χ3n) is 3.15. The molecule has 0 aliphatic rings. The standard InChI is InChI=1S/C17H13Cl2IN2O5/c1-26-14-6-10(2-3-13(14)20)17(25)22-21-7-9-4-11(18)16(12(19)5-9)27-8-15(23)24/h2-7H,8H2,1H3,(H,22,25)(H,23,24)/b21-7-. The van der Waals surface area contributed by atoms with Gasteiger partial charge in [-0.05, 0) is 58.5 Å². The van der Waals surface area contributed by atoms with Gasteiger partial charge >= 0.3 is 5.97 Å². The Morgan fingerprint density at radius 3 is 2.52 bits per heavy atom. The SMILES string of the molecule is COc1cc(C(=O)N/N=C\c2cc(Cl)c(OCC(=O)O)c(Cl)c2)ccc1I. The van der Waals surface area contributed by atoms with Crippen molar-refractivity contribution in [2.45, 2.75) is 0 Å². The molecule has 2 aromatic rings. The molecule has 142 valence electrons. The first-order chi connectivity index (χ1) is 12.8. The molecular weight excluding hydrogens is 510 g/mol. The van der Waals surface area contributed by atoms with Crippen LogP contribution in [0.1, 0.15) is 15.9 Å². The Morgan fingerprint density at radius 2 is 1.93 bits per heavy atom. The van der Waals surface area contributed by atoms with E-state index in [0.29, 0.717) is 16.9 Å². The van der Waals surface area contributed by atoms with Crippen LogP contribution in [0, 0.1) is 3.57 Å². The van der Waals surface area contributed by atoms with Crippen molar-refractivity contribution >= 4 is 63.9 Å². The number of carbonyl (C=O) groups excluding carboxylic acids is 1. The summed E-state index contributed by atoms with van der Waals surface area (Å²) in [5, 5.41) is 12.8. The number of rotatable bonds is 7. The number of carboxylic acids is 1. The molecule has 0 spiro atoms. The Labute approximate surface area is 178 Å². The number of hydrogen-bond donors (Lipinski definition) is 2. The zero-order valence-corrected chi connectivity index (χ0v) is 17.5. The molecular formula is C17H13Cl2IN2O5. The van der Waals surface area contributed by atoms with Gasteiger partial charge < -0.3 is 14.6 Å². The molecule has 0 bridgehead atoms. The van der Waals surface area contributed by atoms with Crippen LogP contribution in [-0.4, -0.2) is 36.9 Å². The van der Waals surface area contributed by atoms with Crippen molar-refractivity contribution in [2.24, 2.45) is 5.10 Å². The van der Waals surface area contributed by atoms with Crippen LogP contribution in [0.5, 0.6) is 11.5 Å². The smallest absolute Gasteiger partial charge is 0.341 e. The molecule has 0 saturated heterocycles. The molecule has 2 rings (SSSR count). The molecule has 0 heterocycles.